The summed E-state index contributed by atoms with van der Waals surface area (Å²) in [5.41, 5.74) is 3.99. The van der Waals surface area contributed by atoms with Crippen molar-refractivity contribution in [2.75, 3.05) is 13.1 Å². The van der Waals surface area contributed by atoms with Gasteiger partial charge in [0, 0.05) is 17.8 Å². The maximum absolute atomic E-state index is 13.4. The number of nitrogens with zero attached hydrogens (tertiary/aromatic N) is 2. The van der Waals surface area contributed by atoms with Gasteiger partial charge in [-0.05, 0) is 75.5 Å². The minimum absolute atomic E-state index is 0.124. The van der Waals surface area contributed by atoms with Crippen molar-refractivity contribution in [1.82, 2.24) is 15.2 Å². The lowest BCUT2D eigenvalue weighted by atomic mass is 10.00. The first-order valence-electron chi connectivity index (χ1n) is 9.14. The highest BCUT2D eigenvalue weighted by molar-refractivity contribution is 5.96. The van der Waals surface area contributed by atoms with Gasteiger partial charge in [0.2, 0.25) is 0 Å². The van der Waals surface area contributed by atoms with E-state index in [1.54, 1.807) is 6.20 Å². The number of carbonyl (C=O) groups is 1. The van der Waals surface area contributed by atoms with Crippen molar-refractivity contribution in [2.24, 2.45) is 0 Å². The van der Waals surface area contributed by atoms with E-state index in [0.717, 1.165) is 54.7 Å². The first-order chi connectivity index (χ1) is 12.2. The van der Waals surface area contributed by atoms with Crippen LogP contribution in [0.15, 0.2) is 42.6 Å². The average molecular weight is 337 g/mol. The number of aryl methyl sites for hydroxylation is 1. The molecule has 2 heterocycles. The lowest BCUT2D eigenvalue weighted by molar-refractivity contribution is 0.0641. The minimum atomic E-state index is 0.124. The standard InChI is InChI=1S/C21H27N3O/c1-16-7-5-10-20(17(16)2)21(25)24(15-18-8-3-4-13-23-18)19-9-6-12-22-14-11-19/h3-5,7-8,10,13,19,22H,6,9,11-12,14-15H2,1-2H3. The Labute approximate surface area is 150 Å². The quantitative estimate of drug-likeness (QED) is 0.929. The summed E-state index contributed by atoms with van der Waals surface area (Å²) in [7, 11) is 0. The molecule has 25 heavy (non-hydrogen) atoms. The molecule has 1 aliphatic heterocycles. The van der Waals surface area contributed by atoms with E-state index >= 15 is 0 Å². The number of aromatic nitrogens is 1. The summed E-state index contributed by atoms with van der Waals surface area (Å²) < 4.78 is 0. The third-order valence-corrected chi connectivity index (χ3v) is 5.14. The molecule has 1 aromatic carbocycles. The smallest absolute Gasteiger partial charge is 0.254 e. The highest BCUT2D eigenvalue weighted by Crippen LogP contribution is 2.22. The maximum atomic E-state index is 13.4. The second kappa shape index (κ2) is 8.26. The third-order valence-electron chi connectivity index (χ3n) is 5.14. The molecule has 1 aromatic heterocycles. The Hall–Kier alpha value is -2.20. The van der Waals surface area contributed by atoms with Crippen molar-refractivity contribution < 1.29 is 4.79 Å². The molecule has 1 unspecified atom stereocenters. The number of hydrogen-bond acceptors (Lipinski definition) is 3. The van der Waals surface area contributed by atoms with Gasteiger partial charge in [-0.2, -0.15) is 0 Å². The minimum Gasteiger partial charge on any atom is -0.330 e. The number of amides is 1. The van der Waals surface area contributed by atoms with Crippen molar-refractivity contribution in [2.45, 2.75) is 45.7 Å². The molecule has 0 radical (unpaired) electrons. The van der Waals surface area contributed by atoms with Gasteiger partial charge in [0.15, 0.2) is 0 Å². The molecule has 1 amide bonds. The molecule has 1 aliphatic rings. The lowest BCUT2D eigenvalue weighted by Gasteiger charge is -2.31. The fourth-order valence-electron chi connectivity index (χ4n) is 3.48. The molecule has 1 fully saturated rings. The number of pyridine rings is 1. The van der Waals surface area contributed by atoms with Crippen LogP contribution in [-0.2, 0) is 6.54 Å². The summed E-state index contributed by atoms with van der Waals surface area (Å²) in [5, 5.41) is 3.44. The van der Waals surface area contributed by atoms with Crippen LogP contribution in [0.3, 0.4) is 0 Å². The Morgan fingerprint density at radius 2 is 2.04 bits per heavy atom. The van der Waals surface area contributed by atoms with Crippen LogP contribution in [0.1, 0.15) is 46.4 Å². The first-order valence-corrected chi connectivity index (χ1v) is 9.14. The van der Waals surface area contributed by atoms with Crippen molar-refractivity contribution in [3.63, 3.8) is 0 Å². The fourth-order valence-corrected chi connectivity index (χ4v) is 3.48. The molecule has 0 bridgehead atoms. The molecule has 0 aliphatic carbocycles. The van der Waals surface area contributed by atoms with E-state index < -0.39 is 0 Å². The second-order valence-corrected chi connectivity index (χ2v) is 6.84. The van der Waals surface area contributed by atoms with E-state index in [4.69, 9.17) is 0 Å². The van der Waals surface area contributed by atoms with E-state index in [1.807, 2.05) is 42.2 Å². The fraction of sp³-hybridized carbons (Fsp3) is 0.429. The average Bonchev–Trinajstić information content (AvgIpc) is 2.92. The normalized spacial score (nSPS) is 17.8. The zero-order chi connectivity index (χ0) is 17.6. The van der Waals surface area contributed by atoms with Crippen molar-refractivity contribution in [3.05, 3.63) is 65.0 Å². The van der Waals surface area contributed by atoms with Gasteiger partial charge >= 0.3 is 0 Å². The Bertz CT molecular complexity index is 706. The van der Waals surface area contributed by atoms with E-state index in [2.05, 4.69) is 23.3 Å². The Morgan fingerprint density at radius 1 is 1.16 bits per heavy atom. The van der Waals surface area contributed by atoms with Crippen LogP contribution >= 0.6 is 0 Å². The maximum Gasteiger partial charge on any atom is 0.254 e. The Morgan fingerprint density at radius 3 is 2.84 bits per heavy atom. The molecule has 1 N–H and O–H groups in total. The van der Waals surface area contributed by atoms with Gasteiger partial charge in [-0.3, -0.25) is 9.78 Å². The Balaban J connectivity index is 1.91. The molecule has 4 heteroatoms. The zero-order valence-corrected chi connectivity index (χ0v) is 15.2. The molecule has 4 nitrogen and oxygen atoms in total. The predicted octanol–water partition coefficient (Wildman–Crippen LogP) is 3.48. The van der Waals surface area contributed by atoms with Crippen LogP contribution in [0.25, 0.3) is 0 Å². The second-order valence-electron chi connectivity index (χ2n) is 6.84. The van der Waals surface area contributed by atoms with Crippen LogP contribution in [0.2, 0.25) is 0 Å². The summed E-state index contributed by atoms with van der Waals surface area (Å²) in [6.07, 6.45) is 4.92. The topological polar surface area (TPSA) is 45.2 Å². The summed E-state index contributed by atoms with van der Waals surface area (Å²) >= 11 is 0. The molecule has 132 valence electrons. The number of benzene rings is 1. The number of nitrogens with one attached hydrogen (secondary N) is 1. The van der Waals surface area contributed by atoms with E-state index in [0.29, 0.717) is 6.54 Å². The molecule has 1 atom stereocenters. The monoisotopic (exact) mass is 337 g/mol. The molecule has 0 spiro atoms. The predicted molar refractivity (Wildman–Crippen MR) is 101 cm³/mol. The van der Waals surface area contributed by atoms with Crippen molar-refractivity contribution >= 4 is 5.91 Å². The zero-order valence-electron chi connectivity index (χ0n) is 15.2. The Kier molecular flexibility index (Phi) is 5.82. The van der Waals surface area contributed by atoms with Gasteiger partial charge in [0.25, 0.3) is 5.91 Å². The van der Waals surface area contributed by atoms with Crippen molar-refractivity contribution in [1.29, 1.82) is 0 Å². The molecule has 2 aromatic rings. The molecule has 1 saturated heterocycles. The molecular weight excluding hydrogens is 310 g/mol. The van der Waals surface area contributed by atoms with Gasteiger partial charge < -0.3 is 10.2 Å². The van der Waals surface area contributed by atoms with Gasteiger partial charge in [-0.1, -0.05) is 18.2 Å². The van der Waals surface area contributed by atoms with Gasteiger partial charge in [-0.25, -0.2) is 0 Å². The summed E-state index contributed by atoms with van der Waals surface area (Å²) in [4.78, 5) is 19.9. The van der Waals surface area contributed by atoms with Gasteiger partial charge in [-0.15, -0.1) is 0 Å². The van der Waals surface area contributed by atoms with Crippen LogP contribution in [0.4, 0.5) is 0 Å². The highest BCUT2D eigenvalue weighted by atomic mass is 16.2. The number of hydrogen-bond donors (Lipinski definition) is 1. The molecule has 0 saturated carbocycles. The number of rotatable bonds is 4. The highest BCUT2D eigenvalue weighted by Gasteiger charge is 2.27. The van der Waals surface area contributed by atoms with Crippen molar-refractivity contribution in [3.8, 4) is 0 Å². The summed E-state index contributed by atoms with van der Waals surface area (Å²) in [5.74, 6) is 0.124. The summed E-state index contributed by atoms with van der Waals surface area (Å²) in [6, 6.07) is 12.1. The van der Waals surface area contributed by atoms with E-state index in [-0.39, 0.29) is 11.9 Å². The van der Waals surface area contributed by atoms with Gasteiger partial charge in [0.1, 0.15) is 0 Å². The SMILES string of the molecule is Cc1cccc(C(=O)N(Cc2ccccn2)C2CCCNCC2)c1C. The largest absolute Gasteiger partial charge is 0.330 e. The molecular formula is C21H27N3O. The van der Waals surface area contributed by atoms with Crippen LogP contribution in [0, 0.1) is 13.8 Å². The number of carbonyl (C=O) groups excluding carboxylic acids is 1. The van der Waals surface area contributed by atoms with Gasteiger partial charge in [0.05, 0.1) is 12.2 Å². The van der Waals surface area contributed by atoms with Crippen LogP contribution < -0.4 is 5.32 Å². The third kappa shape index (κ3) is 4.26. The lowest BCUT2D eigenvalue weighted by Crippen LogP contribution is -2.41. The molecule has 3 rings (SSSR count). The summed E-state index contributed by atoms with van der Waals surface area (Å²) in [6.45, 7) is 6.66. The van der Waals surface area contributed by atoms with Crippen LogP contribution in [0.5, 0.6) is 0 Å². The first kappa shape index (κ1) is 17.6. The van der Waals surface area contributed by atoms with E-state index in [1.165, 1.54) is 0 Å². The van der Waals surface area contributed by atoms with Crippen LogP contribution in [-0.4, -0.2) is 34.9 Å². The van der Waals surface area contributed by atoms with E-state index in [9.17, 15) is 4.79 Å².